The normalized spacial score (nSPS) is 18.6. The van der Waals surface area contributed by atoms with E-state index < -0.39 is 0 Å². The minimum atomic E-state index is -0.334. The van der Waals surface area contributed by atoms with Crippen molar-refractivity contribution in [1.29, 1.82) is 0 Å². The second kappa shape index (κ2) is 7.88. The maximum atomic E-state index is 12.5. The fraction of sp³-hybridized carbons (Fsp3) is 0.300. The first kappa shape index (κ1) is 18.9. The molecule has 1 saturated heterocycles. The first-order valence-electron chi connectivity index (χ1n) is 9.16. The Bertz CT molecular complexity index is 1140. The molecule has 9 heteroatoms. The SMILES string of the molecule is COc1cccc(-c2ccc(=O)n(C3COCC3Nc3cc(=O)n(C)cn3)n2)c1. The zero-order chi connectivity index (χ0) is 20.4. The van der Waals surface area contributed by atoms with E-state index in [0.717, 1.165) is 5.56 Å². The second-order valence-corrected chi connectivity index (χ2v) is 6.81. The summed E-state index contributed by atoms with van der Waals surface area (Å²) in [5.74, 6) is 1.15. The van der Waals surface area contributed by atoms with Gasteiger partial charge in [-0.2, -0.15) is 5.10 Å². The molecule has 2 unspecified atom stereocenters. The summed E-state index contributed by atoms with van der Waals surface area (Å²) in [4.78, 5) is 28.6. The van der Waals surface area contributed by atoms with Gasteiger partial charge in [0.25, 0.3) is 11.1 Å². The number of hydrogen-bond donors (Lipinski definition) is 1. The van der Waals surface area contributed by atoms with Crippen LogP contribution in [-0.2, 0) is 11.8 Å². The molecule has 1 aliphatic heterocycles. The first-order valence-corrected chi connectivity index (χ1v) is 9.16. The summed E-state index contributed by atoms with van der Waals surface area (Å²) >= 11 is 0. The topological polar surface area (TPSA) is 100 Å². The second-order valence-electron chi connectivity index (χ2n) is 6.81. The number of ether oxygens (including phenoxy) is 2. The van der Waals surface area contributed by atoms with Gasteiger partial charge in [-0.3, -0.25) is 9.59 Å². The van der Waals surface area contributed by atoms with Crippen molar-refractivity contribution in [3.63, 3.8) is 0 Å². The lowest BCUT2D eigenvalue weighted by atomic mass is 10.1. The molecule has 2 atom stereocenters. The quantitative estimate of drug-likeness (QED) is 0.690. The summed E-state index contributed by atoms with van der Waals surface area (Å²) in [7, 11) is 3.23. The van der Waals surface area contributed by atoms with Crippen LogP contribution in [-0.4, -0.2) is 45.7 Å². The van der Waals surface area contributed by atoms with Gasteiger partial charge < -0.3 is 19.4 Å². The average Bonchev–Trinajstić information content (AvgIpc) is 3.19. The van der Waals surface area contributed by atoms with Crippen molar-refractivity contribution in [3.05, 3.63) is 69.5 Å². The van der Waals surface area contributed by atoms with Crippen LogP contribution in [0.25, 0.3) is 11.3 Å². The summed E-state index contributed by atoms with van der Waals surface area (Å²) in [5, 5.41) is 7.76. The van der Waals surface area contributed by atoms with Gasteiger partial charge in [-0.15, -0.1) is 0 Å². The van der Waals surface area contributed by atoms with Gasteiger partial charge in [0.1, 0.15) is 17.6 Å². The average molecular weight is 395 g/mol. The van der Waals surface area contributed by atoms with E-state index in [-0.39, 0.29) is 23.2 Å². The van der Waals surface area contributed by atoms with Gasteiger partial charge in [-0.1, -0.05) is 12.1 Å². The van der Waals surface area contributed by atoms with E-state index in [4.69, 9.17) is 9.47 Å². The predicted molar refractivity (Wildman–Crippen MR) is 107 cm³/mol. The van der Waals surface area contributed by atoms with Crippen LogP contribution >= 0.6 is 0 Å². The van der Waals surface area contributed by atoms with Crippen molar-refractivity contribution in [2.24, 2.45) is 7.05 Å². The lowest BCUT2D eigenvalue weighted by Gasteiger charge is -2.21. The highest BCUT2D eigenvalue weighted by molar-refractivity contribution is 5.60. The lowest BCUT2D eigenvalue weighted by molar-refractivity contribution is 0.183. The van der Waals surface area contributed by atoms with Gasteiger partial charge in [0.2, 0.25) is 0 Å². The molecule has 3 heterocycles. The van der Waals surface area contributed by atoms with Crippen molar-refractivity contribution >= 4 is 5.82 Å². The molecule has 150 valence electrons. The molecular formula is C20H21N5O4. The van der Waals surface area contributed by atoms with Crippen molar-refractivity contribution < 1.29 is 9.47 Å². The zero-order valence-corrected chi connectivity index (χ0v) is 16.1. The molecule has 4 rings (SSSR count). The van der Waals surface area contributed by atoms with E-state index in [1.54, 1.807) is 20.2 Å². The molecule has 0 radical (unpaired) electrons. The third-order valence-electron chi connectivity index (χ3n) is 4.87. The zero-order valence-electron chi connectivity index (χ0n) is 16.1. The Morgan fingerprint density at radius 2 is 2.00 bits per heavy atom. The number of aromatic nitrogens is 4. The number of nitrogens with one attached hydrogen (secondary N) is 1. The fourth-order valence-corrected chi connectivity index (χ4v) is 3.25. The molecule has 1 fully saturated rings. The Morgan fingerprint density at radius 3 is 2.79 bits per heavy atom. The summed E-state index contributed by atoms with van der Waals surface area (Å²) in [5.41, 5.74) is 1.10. The highest BCUT2D eigenvalue weighted by atomic mass is 16.5. The summed E-state index contributed by atoms with van der Waals surface area (Å²) in [6.07, 6.45) is 1.45. The Labute approximate surface area is 166 Å². The molecule has 1 aromatic carbocycles. The molecule has 1 N–H and O–H groups in total. The van der Waals surface area contributed by atoms with E-state index >= 15 is 0 Å². The van der Waals surface area contributed by atoms with Crippen LogP contribution in [0.4, 0.5) is 5.82 Å². The smallest absolute Gasteiger partial charge is 0.267 e. The molecule has 0 aliphatic carbocycles. The number of methoxy groups -OCH3 is 1. The van der Waals surface area contributed by atoms with Crippen LogP contribution in [0, 0.1) is 0 Å². The monoisotopic (exact) mass is 395 g/mol. The summed E-state index contributed by atoms with van der Waals surface area (Å²) < 4.78 is 13.7. The van der Waals surface area contributed by atoms with E-state index in [9.17, 15) is 9.59 Å². The van der Waals surface area contributed by atoms with Crippen LogP contribution in [0.2, 0.25) is 0 Å². The highest BCUT2D eigenvalue weighted by Gasteiger charge is 2.32. The van der Waals surface area contributed by atoms with Gasteiger partial charge >= 0.3 is 0 Å². The minimum Gasteiger partial charge on any atom is -0.497 e. The van der Waals surface area contributed by atoms with Gasteiger partial charge in [-0.25, -0.2) is 9.67 Å². The Balaban J connectivity index is 1.64. The molecule has 3 aromatic rings. The molecular weight excluding hydrogens is 374 g/mol. The fourth-order valence-electron chi connectivity index (χ4n) is 3.25. The molecule has 9 nitrogen and oxygen atoms in total. The maximum Gasteiger partial charge on any atom is 0.267 e. The van der Waals surface area contributed by atoms with E-state index in [1.807, 2.05) is 24.3 Å². The molecule has 0 amide bonds. The lowest BCUT2D eigenvalue weighted by Crippen LogP contribution is -2.37. The molecule has 0 spiro atoms. The van der Waals surface area contributed by atoms with Crippen LogP contribution < -0.4 is 21.2 Å². The Morgan fingerprint density at radius 1 is 1.14 bits per heavy atom. The van der Waals surface area contributed by atoms with Crippen molar-refractivity contribution in [2.45, 2.75) is 12.1 Å². The molecule has 0 bridgehead atoms. The van der Waals surface area contributed by atoms with Crippen LogP contribution in [0.15, 0.2) is 58.4 Å². The molecule has 1 aliphatic rings. The Hall–Kier alpha value is -3.46. The van der Waals surface area contributed by atoms with E-state index in [1.165, 1.54) is 27.7 Å². The van der Waals surface area contributed by atoms with E-state index in [0.29, 0.717) is 30.5 Å². The number of aryl methyl sites for hydroxylation is 1. The largest absolute Gasteiger partial charge is 0.497 e. The maximum absolute atomic E-state index is 12.5. The summed E-state index contributed by atoms with van der Waals surface area (Å²) in [6, 6.07) is 11.5. The van der Waals surface area contributed by atoms with E-state index in [2.05, 4.69) is 15.4 Å². The number of benzene rings is 1. The number of hydrogen-bond acceptors (Lipinski definition) is 7. The predicted octanol–water partition coefficient (Wildman–Crippen LogP) is 1.06. The first-order chi connectivity index (χ1) is 14.0. The van der Waals surface area contributed by atoms with Gasteiger partial charge in [0, 0.05) is 24.7 Å². The van der Waals surface area contributed by atoms with Gasteiger partial charge in [-0.05, 0) is 18.2 Å². The van der Waals surface area contributed by atoms with Gasteiger partial charge in [0.15, 0.2) is 0 Å². The van der Waals surface area contributed by atoms with Gasteiger partial charge in [0.05, 0.1) is 38.4 Å². The standard InChI is InChI=1S/C20H21N5O4/c1-24-12-21-18(9-20(24)27)22-16-10-29-11-17(16)25-19(26)7-6-15(23-25)13-4-3-5-14(8-13)28-2/h3-9,12,16-17,22H,10-11H2,1-2H3. The number of nitrogens with zero attached hydrogens (tertiary/aromatic N) is 4. The highest BCUT2D eigenvalue weighted by Crippen LogP contribution is 2.24. The number of rotatable bonds is 5. The van der Waals surface area contributed by atoms with Crippen LogP contribution in [0.5, 0.6) is 5.75 Å². The van der Waals surface area contributed by atoms with Crippen molar-refractivity contribution in [3.8, 4) is 17.0 Å². The molecule has 2 aromatic heterocycles. The molecule has 29 heavy (non-hydrogen) atoms. The van der Waals surface area contributed by atoms with Crippen LogP contribution in [0.1, 0.15) is 6.04 Å². The van der Waals surface area contributed by atoms with Crippen molar-refractivity contribution in [2.75, 3.05) is 25.6 Å². The minimum absolute atomic E-state index is 0.173. The van der Waals surface area contributed by atoms with Crippen LogP contribution in [0.3, 0.4) is 0 Å². The van der Waals surface area contributed by atoms with Crippen molar-refractivity contribution in [1.82, 2.24) is 19.3 Å². The summed E-state index contributed by atoms with van der Waals surface area (Å²) in [6.45, 7) is 0.704. The molecule has 0 saturated carbocycles. The third kappa shape index (κ3) is 3.90. The third-order valence-corrected chi connectivity index (χ3v) is 4.87. The number of anilines is 1. The Kier molecular flexibility index (Phi) is 5.13.